The van der Waals surface area contributed by atoms with Crippen molar-refractivity contribution in [3.05, 3.63) is 179 Å². The molecular weight excluding hydrogens is 657 g/mol. The highest BCUT2D eigenvalue weighted by Crippen LogP contribution is 2.49. The van der Waals surface area contributed by atoms with Crippen molar-refractivity contribution in [1.29, 1.82) is 0 Å². The van der Waals surface area contributed by atoms with Gasteiger partial charge >= 0.3 is 5.97 Å². The van der Waals surface area contributed by atoms with Crippen LogP contribution in [0.1, 0.15) is 53.5 Å². The highest BCUT2D eigenvalue weighted by molar-refractivity contribution is 5.87. The molecule has 7 nitrogen and oxygen atoms in total. The molecule has 0 unspecified atom stereocenters. The number of pyridine rings is 2. The zero-order valence-electron chi connectivity index (χ0n) is 29.9. The molecule has 7 heteroatoms. The summed E-state index contributed by atoms with van der Waals surface area (Å²) in [5.74, 6) is 1.95. The van der Waals surface area contributed by atoms with E-state index in [1.54, 1.807) is 0 Å². The van der Waals surface area contributed by atoms with Gasteiger partial charge in [0.15, 0.2) is 5.76 Å². The molecule has 0 saturated heterocycles. The van der Waals surface area contributed by atoms with Crippen LogP contribution in [0.5, 0.6) is 0 Å². The lowest BCUT2D eigenvalue weighted by Crippen LogP contribution is -2.23. The van der Waals surface area contributed by atoms with Crippen molar-refractivity contribution in [2.45, 2.75) is 44.9 Å². The first-order chi connectivity index (χ1) is 26.0. The Kier molecular flexibility index (Phi) is 9.38. The Bertz CT molecular complexity index is 2250. The van der Waals surface area contributed by atoms with E-state index in [-0.39, 0.29) is 5.97 Å². The molecule has 53 heavy (non-hydrogen) atoms. The van der Waals surface area contributed by atoms with Crippen LogP contribution in [0.15, 0.2) is 150 Å². The van der Waals surface area contributed by atoms with Gasteiger partial charge in [0.2, 0.25) is 0 Å². The van der Waals surface area contributed by atoms with Gasteiger partial charge < -0.3 is 9.26 Å². The molecule has 4 aromatic carbocycles. The lowest BCUT2D eigenvalue weighted by Gasteiger charge is -2.24. The summed E-state index contributed by atoms with van der Waals surface area (Å²) in [4.78, 5) is 25.1. The maximum Gasteiger partial charge on any atom is 0.316 e. The van der Waals surface area contributed by atoms with Crippen LogP contribution in [0.3, 0.4) is 0 Å². The van der Waals surface area contributed by atoms with Crippen LogP contribution in [0.25, 0.3) is 22.5 Å². The predicted molar refractivity (Wildman–Crippen MR) is 208 cm³/mol. The monoisotopic (exact) mass is 696 g/mol. The molecule has 1 saturated carbocycles. The van der Waals surface area contributed by atoms with Gasteiger partial charge in [-0.2, -0.15) is 0 Å². The summed E-state index contributed by atoms with van der Waals surface area (Å²) in [6, 6.07) is 49.5. The van der Waals surface area contributed by atoms with Gasteiger partial charge in [-0.25, -0.2) is 9.97 Å². The van der Waals surface area contributed by atoms with Crippen molar-refractivity contribution >= 4 is 23.3 Å². The van der Waals surface area contributed by atoms with E-state index in [4.69, 9.17) is 19.2 Å². The summed E-state index contributed by atoms with van der Waals surface area (Å²) < 4.78 is 11.5. The number of carbonyl (C=O) groups is 1. The van der Waals surface area contributed by atoms with Crippen molar-refractivity contribution in [3.8, 4) is 22.5 Å². The molecule has 0 atom stereocenters. The van der Waals surface area contributed by atoms with Crippen molar-refractivity contribution < 1.29 is 14.1 Å². The Morgan fingerprint density at radius 1 is 0.660 bits per heavy atom. The average Bonchev–Trinajstić information content (AvgIpc) is 3.93. The molecule has 0 spiro atoms. The maximum absolute atomic E-state index is 12.6. The minimum Gasteiger partial charge on any atom is -0.465 e. The third-order valence-corrected chi connectivity index (χ3v) is 9.89. The summed E-state index contributed by atoms with van der Waals surface area (Å²) in [5.41, 5.74) is 9.30. The normalized spacial score (nSPS) is 13.0. The van der Waals surface area contributed by atoms with E-state index in [1.807, 2.05) is 50.2 Å². The summed E-state index contributed by atoms with van der Waals surface area (Å²) >= 11 is 0. The Morgan fingerprint density at radius 2 is 1.17 bits per heavy atom. The van der Waals surface area contributed by atoms with Gasteiger partial charge in [-0.15, -0.1) is 0 Å². The van der Waals surface area contributed by atoms with Crippen LogP contribution in [-0.2, 0) is 27.8 Å². The number of hydrogen-bond acceptors (Lipinski definition) is 7. The third-order valence-electron chi connectivity index (χ3n) is 9.89. The van der Waals surface area contributed by atoms with Crippen LogP contribution in [0.2, 0.25) is 0 Å². The molecule has 0 N–H and O–H groups in total. The number of rotatable bonds is 12. The van der Waals surface area contributed by atoms with E-state index in [0.717, 1.165) is 69.5 Å². The Balaban J connectivity index is 1.15. The molecule has 262 valence electrons. The van der Waals surface area contributed by atoms with Gasteiger partial charge in [0, 0.05) is 29.8 Å². The second-order valence-corrected chi connectivity index (χ2v) is 13.5. The molecule has 0 aliphatic heterocycles. The van der Waals surface area contributed by atoms with Crippen LogP contribution in [-0.4, -0.2) is 27.7 Å². The quantitative estimate of drug-likeness (QED) is 0.118. The Labute approximate surface area is 309 Å². The molecule has 0 amide bonds. The molecular formula is C46H40N4O3. The second-order valence-electron chi connectivity index (χ2n) is 13.5. The van der Waals surface area contributed by atoms with Crippen molar-refractivity contribution in [1.82, 2.24) is 15.1 Å². The summed E-state index contributed by atoms with van der Waals surface area (Å²) in [7, 11) is 0. The molecule has 0 radical (unpaired) electrons. The molecule has 1 fully saturated rings. The van der Waals surface area contributed by atoms with E-state index in [2.05, 4.69) is 119 Å². The fourth-order valence-electron chi connectivity index (χ4n) is 6.95. The van der Waals surface area contributed by atoms with E-state index in [1.165, 1.54) is 11.1 Å². The number of ether oxygens (including phenoxy) is 1. The molecule has 7 aromatic rings. The van der Waals surface area contributed by atoms with Gasteiger partial charge in [-0.3, -0.25) is 9.69 Å². The first-order valence-corrected chi connectivity index (χ1v) is 18.2. The highest BCUT2D eigenvalue weighted by Gasteiger charge is 2.52. The van der Waals surface area contributed by atoms with Gasteiger partial charge in [-0.05, 0) is 78.8 Å². The number of aromatic nitrogens is 3. The Hall–Kier alpha value is -6.34. The predicted octanol–water partition coefficient (Wildman–Crippen LogP) is 10.4. The molecule has 1 aliphatic rings. The fourth-order valence-corrected chi connectivity index (χ4v) is 6.95. The largest absolute Gasteiger partial charge is 0.465 e. The smallest absolute Gasteiger partial charge is 0.316 e. The number of hydrogen-bond donors (Lipinski definition) is 0. The summed E-state index contributed by atoms with van der Waals surface area (Å²) in [6.07, 6.45) is 3.06. The lowest BCUT2D eigenvalue weighted by molar-refractivity contribution is -0.146. The standard InChI is InChI=1S/C46H40N4O3/c1-3-52-45(51)46(28-29-46)38-26-24-36(25-27-38)35-20-22-37(23-21-35)44-43(32(2)49-53-44)50(41-18-10-16-39(47-41)30-33-12-6-4-7-13-33)42-19-11-17-40(48-42)31-34-14-8-5-9-15-34/h4-27H,3,28-31H2,1-2H3. The Morgan fingerprint density at radius 3 is 1.68 bits per heavy atom. The van der Waals surface area contributed by atoms with Crippen molar-refractivity contribution in [3.63, 3.8) is 0 Å². The van der Waals surface area contributed by atoms with Gasteiger partial charge in [0.05, 0.1) is 12.0 Å². The average molecular weight is 697 g/mol. The number of benzene rings is 4. The van der Waals surface area contributed by atoms with E-state index in [0.29, 0.717) is 25.2 Å². The SMILES string of the molecule is CCOC(=O)C1(c2ccc(-c3ccc(-c4onc(C)c4N(c4cccc(Cc5ccccc5)n4)c4cccc(Cc5ccccc5)n4)cc3)cc2)CC1. The third kappa shape index (κ3) is 7.11. The van der Waals surface area contributed by atoms with Crippen LogP contribution < -0.4 is 4.90 Å². The zero-order chi connectivity index (χ0) is 36.2. The van der Waals surface area contributed by atoms with E-state index >= 15 is 0 Å². The number of esters is 1. The maximum atomic E-state index is 12.6. The molecule has 8 rings (SSSR count). The van der Waals surface area contributed by atoms with Gasteiger partial charge in [-0.1, -0.05) is 126 Å². The van der Waals surface area contributed by atoms with E-state index in [9.17, 15) is 4.79 Å². The highest BCUT2D eigenvalue weighted by atomic mass is 16.5. The first-order valence-electron chi connectivity index (χ1n) is 18.2. The lowest BCUT2D eigenvalue weighted by atomic mass is 9.93. The van der Waals surface area contributed by atoms with Gasteiger partial charge in [0.1, 0.15) is 23.0 Å². The fraction of sp³-hybridized carbons (Fsp3) is 0.174. The number of carbonyl (C=O) groups excluding carboxylic acids is 1. The van der Waals surface area contributed by atoms with E-state index < -0.39 is 5.41 Å². The number of anilines is 3. The van der Waals surface area contributed by atoms with Crippen LogP contribution >= 0.6 is 0 Å². The molecule has 3 heterocycles. The number of aryl methyl sites for hydroxylation is 1. The van der Waals surface area contributed by atoms with Crippen LogP contribution in [0.4, 0.5) is 17.3 Å². The molecule has 0 bridgehead atoms. The van der Waals surface area contributed by atoms with Crippen LogP contribution in [0, 0.1) is 6.92 Å². The topological polar surface area (TPSA) is 81.4 Å². The summed E-state index contributed by atoms with van der Waals surface area (Å²) in [6.45, 7) is 4.20. The minimum atomic E-state index is -0.489. The molecule has 3 aromatic heterocycles. The van der Waals surface area contributed by atoms with Crippen molar-refractivity contribution in [2.24, 2.45) is 0 Å². The zero-order valence-corrected chi connectivity index (χ0v) is 29.9. The first kappa shape index (κ1) is 33.8. The molecule has 1 aliphatic carbocycles. The second kappa shape index (κ2) is 14.7. The minimum absolute atomic E-state index is 0.124. The van der Waals surface area contributed by atoms with Gasteiger partial charge in [0.25, 0.3) is 0 Å². The number of nitrogens with zero attached hydrogens (tertiary/aromatic N) is 4. The van der Waals surface area contributed by atoms with Crippen molar-refractivity contribution in [2.75, 3.05) is 11.5 Å². The summed E-state index contributed by atoms with van der Waals surface area (Å²) in [5, 5.41) is 4.48.